The third-order valence-corrected chi connectivity index (χ3v) is 25.6. The second kappa shape index (κ2) is 65.3. The van der Waals surface area contributed by atoms with E-state index in [-0.39, 0.29) is 5.91 Å². The number of rotatable bonds is 29. The zero-order chi connectivity index (χ0) is 99.4. The minimum atomic E-state index is -0.0203. The van der Waals surface area contributed by atoms with E-state index < -0.39 is 0 Å². The van der Waals surface area contributed by atoms with E-state index >= 15 is 0 Å². The highest BCUT2D eigenvalue weighted by Gasteiger charge is 2.16. The number of hydrogen-bond acceptors (Lipinski definition) is 7. The van der Waals surface area contributed by atoms with Crippen molar-refractivity contribution in [2.45, 2.75) is 351 Å². The summed E-state index contributed by atoms with van der Waals surface area (Å²) in [5.41, 5.74) is 27.4. The molecule has 11 rings (SSSR count). The maximum atomic E-state index is 10.9. The SMILES string of the molecule is CC(=O)Nc1ccccc1C(C)C.CC(C)Cc1ccccc1C(C)C.CC(C)c1sc(Cl)cc1Br.CCCCCc1ccccc1C(C)C.CCCOc1ccc(Cl)c(C(C)C)c1.CCCc1ccccc1C(C)C.CCc1ccc(OC)c(C(C)C)c1.CCc1cccc(OC)c1C(C)C.COc1cc(C)c(C(C)C)cc1C.Cc1cc(Cn2cccn2)cc(C(C)C)c1C. The molecule has 726 valence electrons. The highest BCUT2D eigenvalue weighted by molar-refractivity contribution is 9.10. The minimum absolute atomic E-state index is 0.0203. The molecule has 0 atom stereocenters. The van der Waals surface area contributed by atoms with E-state index in [2.05, 4.69) is 368 Å². The molecule has 1 N–H and O–H groups in total. The highest BCUT2D eigenvalue weighted by Crippen LogP contribution is 2.37. The number of hydrogen-bond donors (Lipinski definition) is 1. The smallest absolute Gasteiger partial charge is 0.221 e. The lowest BCUT2D eigenvalue weighted by atomic mass is 9.92. The van der Waals surface area contributed by atoms with Gasteiger partial charge in [-0.2, -0.15) is 5.10 Å². The fourth-order valence-electron chi connectivity index (χ4n) is 15.6. The molecule has 11 aromatic rings. The summed E-state index contributed by atoms with van der Waals surface area (Å²) in [6.07, 6.45) is 15.9. The largest absolute Gasteiger partial charge is 0.496 e. The summed E-state index contributed by atoms with van der Waals surface area (Å²) in [5.74, 6) is 10.3. The first-order valence-corrected chi connectivity index (χ1v) is 51.4. The molecule has 0 aliphatic rings. The summed E-state index contributed by atoms with van der Waals surface area (Å²) in [4.78, 5) is 12.2. The Labute approximate surface area is 827 Å². The summed E-state index contributed by atoms with van der Waals surface area (Å²) in [6, 6.07) is 65.7. The Kier molecular flexibility index (Phi) is 59.2. The van der Waals surface area contributed by atoms with Crippen LogP contribution in [-0.2, 0) is 43.4 Å². The van der Waals surface area contributed by atoms with Crippen LogP contribution in [-0.4, -0.2) is 43.6 Å². The third kappa shape index (κ3) is 44.0. The van der Waals surface area contributed by atoms with Crippen LogP contribution < -0.4 is 24.3 Å². The standard InChI is InChI=1S/C15H20N2.C14H22.C13H20.C12H17ClO.3C12H18O.C12H18.C11H15NO.C7H8BrClS/c1-11(2)15-9-14(8-12(3)13(15)4)10-17-7-5-6-16-17;1-4-5-6-9-13-10-7-8-11-14(13)12(2)3;1-10(2)9-12-7-5-6-8-13(12)11(3)4;1-4-7-14-10-5-6-12(13)11(8-10)9(2)3;1-8(2)11-6-10(4)12(13-5)7-9(11)3;1-5-10-6-7-12(13-4)11(8-10)9(2)3;1-5-10-7-6-8-11(13-4)12(10)9(2)3;1-4-7-11-8-5-6-9-12(11)10(2)3;1-8(2)10-6-4-5-7-11(10)12-9(3)13;1-4(2)7-5(8)3-6(9)10-7/h5-9,11H,10H2,1-4H3;7-8,10-12H,4-6,9H2,1-3H3;5-8,10-11H,9H2,1-4H3;5-6,8-9H,4,7H2,1-3H3;6-8H,1-5H3;2*6-9H,5H2,1-4H3;5-6,8-10H,4,7H2,1-3H3;4-8H,1-3H3,(H,12,13);3-4H,1-2H3. The lowest BCUT2D eigenvalue weighted by molar-refractivity contribution is -0.114. The fourth-order valence-corrected chi connectivity index (χ4v) is 18.3. The van der Waals surface area contributed by atoms with Crippen LogP contribution >= 0.6 is 50.5 Å². The number of aryl methyl sites for hydroxylation is 7. The van der Waals surface area contributed by atoms with Crippen molar-refractivity contribution in [1.82, 2.24) is 9.78 Å². The van der Waals surface area contributed by atoms with Crippen LogP contribution in [0.2, 0.25) is 9.36 Å². The van der Waals surface area contributed by atoms with Gasteiger partial charge >= 0.3 is 0 Å². The zero-order valence-corrected chi connectivity index (χ0v) is 92.3. The number of nitrogens with one attached hydrogen (secondary N) is 1. The second-order valence-corrected chi connectivity index (χ2v) is 40.8. The molecule has 0 unspecified atom stereocenters. The average Bonchev–Trinajstić information content (AvgIpc) is 1.49. The van der Waals surface area contributed by atoms with E-state index in [4.69, 9.17) is 42.1 Å². The van der Waals surface area contributed by atoms with Gasteiger partial charge in [-0.25, -0.2) is 0 Å². The first-order valence-electron chi connectivity index (χ1n) is 49.0. The van der Waals surface area contributed by atoms with Crippen molar-refractivity contribution in [3.63, 3.8) is 0 Å². The lowest BCUT2D eigenvalue weighted by Crippen LogP contribution is -2.08. The summed E-state index contributed by atoms with van der Waals surface area (Å²) >= 11 is 17.0. The number of anilines is 1. The predicted molar refractivity (Wildman–Crippen MR) is 585 cm³/mol. The van der Waals surface area contributed by atoms with E-state index in [0.29, 0.717) is 59.2 Å². The Morgan fingerprint density at radius 2 is 0.932 bits per heavy atom. The summed E-state index contributed by atoms with van der Waals surface area (Å²) in [5, 5.41) is 7.89. The maximum absolute atomic E-state index is 10.9. The van der Waals surface area contributed by atoms with Crippen LogP contribution in [0.1, 0.15) is 396 Å². The van der Waals surface area contributed by atoms with E-state index in [1.807, 2.05) is 77.7 Å². The van der Waals surface area contributed by atoms with Gasteiger partial charge in [0.25, 0.3) is 0 Å². The number of aromatic nitrogens is 2. The van der Waals surface area contributed by atoms with E-state index in [1.54, 1.807) is 38.2 Å². The number of unbranched alkanes of at least 4 members (excludes halogenated alkanes) is 2. The van der Waals surface area contributed by atoms with Gasteiger partial charge in [-0.1, -0.05) is 363 Å². The molecular formula is C120H174BrCl2N3O5S. The van der Waals surface area contributed by atoms with Gasteiger partial charge in [-0.15, -0.1) is 11.3 Å². The molecule has 0 saturated heterocycles. The van der Waals surface area contributed by atoms with Crippen molar-refractivity contribution in [2.75, 3.05) is 33.3 Å². The van der Waals surface area contributed by atoms with E-state index in [9.17, 15) is 4.79 Å². The molecule has 2 heterocycles. The second-order valence-electron chi connectivity index (χ2n) is 37.8. The molecule has 2 aromatic heterocycles. The molecule has 9 aromatic carbocycles. The molecule has 0 aliphatic carbocycles. The number of ether oxygens (including phenoxy) is 4. The number of methoxy groups -OCH3 is 3. The van der Waals surface area contributed by atoms with Gasteiger partial charge in [-0.3, -0.25) is 9.48 Å². The molecule has 1 amide bonds. The maximum Gasteiger partial charge on any atom is 0.221 e. The number of halogens is 3. The number of para-hydroxylation sites is 1. The van der Waals surface area contributed by atoms with Crippen molar-refractivity contribution >= 4 is 62.1 Å². The van der Waals surface area contributed by atoms with Crippen molar-refractivity contribution in [3.8, 4) is 23.0 Å². The molecule has 0 saturated carbocycles. The third-order valence-electron chi connectivity index (χ3n) is 22.7. The normalized spacial score (nSPS) is 10.7. The Bertz CT molecular complexity index is 4990. The van der Waals surface area contributed by atoms with Crippen LogP contribution in [0.15, 0.2) is 205 Å². The summed E-state index contributed by atoms with van der Waals surface area (Å²) in [7, 11) is 5.18. The Hall–Kier alpha value is -8.38. The van der Waals surface area contributed by atoms with Gasteiger partial charge in [0.2, 0.25) is 5.91 Å². The van der Waals surface area contributed by atoms with E-state index in [0.717, 1.165) is 86.4 Å². The molecule has 0 fully saturated rings. The first-order chi connectivity index (χ1) is 62.5. The van der Waals surface area contributed by atoms with Gasteiger partial charge < -0.3 is 24.3 Å². The highest BCUT2D eigenvalue weighted by atomic mass is 79.9. The Balaban J connectivity index is 0.000000497. The first kappa shape index (κ1) is 120. The number of amides is 1. The van der Waals surface area contributed by atoms with Crippen LogP contribution in [0, 0.1) is 33.6 Å². The summed E-state index contributed by atoms with van der Waals surface area (Å²) in [6.45, 7) is 71.4. The number of carbonyl (C=O) groups excluding carboxylic acids is 1. The molecule has 132 heavy (non-hydrogen) atoms. The lowest BCUT2D eigenvalue weighted by Gasteiger charge is -2.15. The van der Waals surface area contributed by atoms with Gasteiger partial charge in [0.05, 0.1) is 38.8 Å². The fraction of sp³-hybridized carbons (Fsp3) is 0.483. The number of benzene rings is 9. The van der Waals surface area contributed by atoms with Crippen LogP contribution in [0.3, 0.4) is 0 Å². The van der Waals surface area contributed by atoms with Crippen LogP contribution in [0.5, 0.6) is 23.0 Å². The van der Waals surface area contributed by atoms with Crippen molar-refractivity contribution in [1.29, 1.82) is 0 Å². The van der Waals surface area contributed by atoms with Gasteiger partial charge in [-0.05, 0) is 314 Å². The zero-order valence-electron chi connectivity index (χ0n) is 88.4. The van der Waals surface area contributed by atoms with Crippen LogP contribution in [0.4, 0.5) is 5.69 Å². The average molecular weight is 1920 g/mol. The minimum Gasteiger partial charge on any atom is -0.496 e. The monoisotopic (exact) mass is 1920 g/mol. The molecule has 12 heteroatoms. The predicted octanol–water partition coefficient (Wildman–Crippen LogP) is 37.5. The van der Waals surface area contributed by atoms with Gasteiger partial charge in [0, 0.05) is 39.4 Å². The van der Waals surface area contributed by atoms with Crippen molar-refractivity contribution in [2.24, 2.45) is 5.92 Å². The van der Waals surface area contributed by atoms with Crippen molar-refractivity contribution < 1.29 is 23.7 Å². The van der Waals surface area contributed by atoms with Crippen LogP contribution in [0.25, 0.3) is 0 Å². The molecule has 8 nitrogen and oxygen atoms in total. The number of thiophene rings is 1. The molecule has 0 radical (unpaired) electrons. The number of carbonyl (C=O) groups is 1. The Morgan fingerprint density at radius 3 is 1.38 bits per heavy atom. The van der Waals surface area contributed by atoms with E-state index in [1.165, 1.54) is 151 Å². The molecular weight excluding hydrogens is 1750 g/mol. The Morgan fingerprint density at radius 1 is 0.424 bits per heavy atom. The summed E-state index contributed by atoms with van der Waals surface area (Å²) < 4.78 is 25.4. The van der Waals surface area contributed by atoms with Gasteiger partial charge in [0.1, 0.15) is 23.0 Å². The number of nitrogens with zero attached hydrogens (tertiary/aromatic N) is 2. The molecule has 0 aliphatic heterocycles. The molecule has 0 spiro atoms. The topological polar surface area (TPSA) is 83.8 Å². The van der Waals surface area contributed by atoms with Crippen molar-refractivity contribution in [3.05, 3.63) is 325 Å². The molecule has 0 bridgehead atoms. The van der Waals surface area contributed by atoms with Gasteiger partial charge in [0.15, 0.2) is 0 Å². The quantitative estimate of drug-likeness (QED) is 0.0470.